The molecule has 2 nitrogen and oxygen atoms in total. The lowest BCUT2D eigenvalue weighted by Gasteiger charge is -2.05. The predicted molar refractivity (Wildman–Crippen MR) is 61.5 cm³/mol. The van der Waals surface area contributed by atoms with Gasteiger partial charge in [0.2, 0.25) is 0 Å². The topological polar surface area (TPSA) is 25.8 Å². The lowest BCUT2D eigenvalue weighted by molar-refractivity contribution is 0.629. The first kappa shape index (κ1) is 10.2. The average Bonchev–Trinajstić information content (AvgIpc) is 3.02. The van der Waals surface area contributed by atoms with Crippen molar-refractivity contribution >= 4 is 34.1 Å². The average molecular weight is 257 g/mol. The number of hydrogen-bond donors (Lipinski definition) is 0. The van der Waals surface area contributed by atoms with Gasteiger partial charge < -0.3 is 0 Å². The number of halogens is 3. The smallest absolute Gasteiger partial charge is 0.140 e. The van der Waals surface area contributed by atoms with Gasteiger partial charge in [-0.25, -0.2) is 14.4 Å². The monoisotopic (exact) mass is 256 g/mol. The number of rotatable bonds is 1. The molecule has 1 aromatic carbocycles. The molecule has 0 bridgehead atoms. The van der Waals surface area contributed by atoms with Crippen molar-refractivity contribution in [2.75, 3.05) is 0 Å². The van der Waals surface area contributed by atoms with E-state index in [0.717, 1.165) is 12.8 Å². The summed E-state index contributed by atoms with van der Waals surface area (Å²) < 4.78 is 13.2. The number of nitrogens with zero attached hydrogens (tertiary/aromatic N) is 2. The van der Waals surface area contributed by atoms with Crippen molar-refractivity contribution in [2.45, 2.75) is 18.8 Å². The minimum Gasteiger partial charge on any atom is -0.231 e. The van der Waals surface area contributed by atoms with Crippen LogP contribution in [0, 0.1) is 5.82 Å². The molecule has 3 rings (SSSR count). The van der Waals surface area contributed by atoms with Crippen molar-refractivity contribution in [3.8, 4) is 0 Å². The Bertz CT molecular complexity index is 582. The van der Waals surface area contributed by atoms with Crippen LogP contribution in [-0.4, -0.2) is 9.97 Å². The van der Waals surface area contributed by atoms with Crippen molar-refractivity contribution in [2.24, 2.45) is 0 Å². The third-order valence-corrected chi connectivity index (χ3v) is 3.21. The Balaban J connectivity index is 2.32. The summed E-state index contributed by atoms with van der Waals surface area (Å²) in [6.45, 7) is 0. The van der Waals surface area contributed by atoms with E-state index in [1.807, 2.05) is 0 Å². The number of fused-ring (bicyclic) bond motifs is 1. The van der Waals surface area contributed by atoms with Crippen LogP contribution in [-0.2, 0) is 0 Å². The summed E-state index contributed by atoms with van der Waals surface area (Å²) in [4.78, 5) is 8.52. The molecule has 0 saturated heterocycles. The van der Waals surface area contributed by atoms with Crippen LogP contribution in [0.1, 0.15) is 24.6 Å². The van der Waals surface area contributed by atoms with E-state index in [2.05, 4.69) is 9.97 Å². The molecule has 0 unspecified atom stereocenters. The second-order valence-electron chi connectivity index (χ2n) is 3.93. The maximum absolute atomic E-state index is 13.2. The van der Waals surface area contributed by atoms with E-state index >= 15 is 0 Å². The molecule has 1 aliphatic rings. The fourth-order valence-electron chi connectivity index (χ4n) is 1.66. The summed E-state index contributed by atoms with van der Waals surface area (Å²) in [6, 6.07) is 2.55. The predicted octanol–water partition coefficient (Wildman–Crippen LogP) is 3.95. The van der Waals surface area contributed by atoms with Crippen molar-refractivity contribution in [1.29, 1.82) is 0 Å². The zero-order valence-electron chi connectivity index (χ0n) is 8.17. The van der Waals surface area contributed by atoms with Crippen molar-refractivity contribution in [3.05, 3.63) is 34.0 Å². The standard InChI is InChI=1S/C11H7Cl2FN2/c12-8-4-6(14)3-7-9(8)15-11(5-1-2-5)16-10(7)13/h3-5H,1-2H2. The van der Waals surface area contributed by atoms with E-state index in [1.54, 1.807) is 0 Å². The van der Waals surface area contributed by atoms with E-state index in [0.29, 0.717) is 22.6 Å². The van der Waals surface area contributed by atoms with Gasteiger partial charge in [-0.05, 0) is 25.0 Å². The van der Waals surface area contributed by atoms with Gasteiger partial charge in [-0.3, -0.25) is 0 Å². The summed E-state index contributed by atoms with van der Waals surface area (Å²) in [7, 11) is 0. The lowest BCUT2D eigenvalue weighted by Crippen LogP contribution is -1.95. The first-order valence-electron chi connectivity index (χ1n) is 4.97. The molecular formula is C11H7Cl2FN2. The highest BCUT2D eigenvalue weighted by Gasteiger charge is 2.27. The summed E-state index contributed by atoms with van der Waals surface area (Å²) in [6.07, 6.45) is 2.17. The van der Waals surface area contributed by atoms with Crippen molar-refractivity contribution in [3.63, 3.8) is 0 Å². The summed E-state index contributed by atoms with van der Waals surface area (Å²) >= 11 is 11.9. The lowest BCUT2D eigenvalue weighted by atomic mass is 10.2. The number of hydrogen-bond acceptors (Lipinski definition) is 2. The van der Waals surface area contributed by atoms with Crippen molar-refractivity contribution < 1.29 is 4.39 Å². The molecule has 2 aromatic rings. The second kappa shape index (κ2) is 3.54. The second-order valence-corrected chi connectivity index (χ2v) is 4.70. The van der Waals surface area contributed by atoms with Crippen LogP contribution in [0.4, 0.5) is 4.39 Å². The molecule has 1 heterocycles. The van der Waals surface area contributed by atoms with Gasteiger partial charge in [-0.2, -0.15) is 0 Å². The van der Waals surface area contributed by atoms with E-state index in [-0.39, 0.29) is 10.2 Å². The van der Waals surface area contributed by atoms with Gasteiger partial charge in [0.1, 0.15) is 16.8 Å². The zero-order chi connectivity index (χ0) is 11.3. The van der Waals surface area contributed by atoms with Crippen LogP contribution in [0.25, 0.3) is 10.9 Å². The number of aromatic nitrogens is 2. The highest BCUT2D eigenvalue weighted by molar-refractivity contribution is 6.38. The van der Waals surface area contributed by atoms with Crippen LogP contribution in [0.2, 0.25) is 10.2 Å². The molecule has 0 amide bonds. The minimum absolute atomic E-state index is 0.272. The highest BCUT2D eigenvalue weighted by Crippen LogP contribution is 2.40. The Labute approximate surface area is 101 Å². The molecule has 82 valence electrons. The Hall–Kier alpha value is -0.930. The largest absolute Gasteiger partial charge is 0.231 e. The van der Waals surface area contributed by atoms with Gasteiger partial charge in [-0.1, -0.05) is 23.2 Å². The van der Waals surface area contributed by atoms with E-state index < -0.39 is 5.82 Å². The van der Waals surface area contributed by atoms with Gasteiger partial charge in [0.15, 0.2) is 0 Å². The Morgan fingerprint density at radius 3 is 2.62 bits per heavy atom. The summed E-state index contributed by atoms with van der Waals surface area (Å²) in [5, 5.41) is 1.02. The van der Waals surface area contributed by atoms with Gasteiger partial charge in [0.05, 0.1) is 10.5 Å². The Kier molecular flexibility index (Phi) is 2.26. The molecule has 1 fully saturated rings. The van der Waals surface area contributed by atoms with Gasteiger partial charge in [0, 0.05) is 11.3 Å². The van der Waals surface area contributed by atoms with E-state index in [4.69, 9.17) is 23.2 Å². The Morgan fingerprint density at radius 2 is 1.94 bits per heavy atom. The van der Waals surface area contributed by atoms with Crippen LogP contribution in [0.15, 0.2) is 12.1 Å². The molecule has 0 spiro atoms. The molecule has 0 N–H and O–H groups in total. The summed E-state index contributed by atoms with van der Waals surface area (Å²) in [5.74, 6) is 0.677. The van der Waals surface area contributed by atoms with Crippen LogP contribution >= 0.6 is 23.2 Å². The van der Waals surface area contributed by atoms with Crippen LogP contribution in [0.3, 0.4) is 0 Å². The molecule has 1 aliphatic carbocycles. The molecule has 0 atom stereocenters. The normalized spacial score (nSPS) is 15.7. The molecule has 0 aliphatic heterocycles. The first-order valence-corrected chi connectivity index (χ1v) is 5.73. The van der Waals surface area contributed by atoms with Crippen LogP contribution in [0.5, 0.6) is 0 Å². The third kappa shape index (κ3) is 1.64. The van der Waals surface area contributed by atoms with Crippen LogP contribution < -0.4 is 0 Å². The first-order chi connectivity index (χ1) is 7.65. The maximum atomic E-state index is 13.2. The van der Waals surface area contributed by atoms with E-state index in [1.165, 1.54) is 12.1 Å². The highest BCUT2D eigenvalue weighted by atomic mass is 35.5. The SMILES string of the molecule is Fc1cc(Cl)c2nc(C3CC3)nc(Cl)c2c1. The maximum Gasteiger partial charge on any atom is 0.140 e. The third-order valence-electron chi connectivity index (χ3n) is 2.63. The minimum atomic E-state index is -0.429. The fraction of sp³-hybridized carbons (Fsp3) is 0.273. The fourth-order valence-corrected chi connectivity index (χ4v) is 2.14. The molecular weight excluding hydrogens is 250 g/mol. The zero-order valence-corrected chi connectivity index (χ0v) is 9.69. The molecule has 0 radical (unpaired) electrons. The van der Waals surface area contributed by atoms with E-state index in [9.17, 15) is 4.39 Å². The molecule has 5 heteroatoms. The Morgan fingerprint density at radius 1 is 1.19 bits per heavy atom. The molecule has 1 aromatic heterocycles. The quantitative estimate of drug-likeness (QED) is 0.723. The molecule has 16 heavy (non-hydrogen) atoms. The summed E-state index contributed by atoms with van der Waals surface area (Å²) in [5.41, 5.74) is 0.532. The molecule has 1 saturated carbocycles. The van der Waals surface area contributed by atoms with Crippen molar-refractivity contribution in [1.82, 2.24) is 9.97 Å². The number of benzene rings is 1. The van der Waals surface area contributed by atoms with Gasteiger partial charge >= 0.3 is 0 Å². The van der Waals surface area contributed by atoms with Gasteiger partial charge in [-0.15, -0.1) is 0 Å². The van der Waals surface area contributed by atoms with Gasteiger partial charge in [0.25, 0.3) is 0 Å².